The van der Waals surface area contributed by atoms with Gasteiger partial charge < -0.3 is 0 Å². The third-order valence-corrected chi connectivity index (χ3v) is 6.34. The molecule has 1 amide bonds. The highest BCUT2D eigenvalue weighted by Crippen LogP contribution is 2.23. The molecule has 6 nitrogen and oxygen atoms in total. The molecule has 1 heterocycles. The molecule has 130 valence electrons. The van der Waals surface area contributed by atoms with Gasteiger partial charge in [0.1, 0.15) is 10.8 Å². The van der Waals surface area contributed by atoms with Crippen LogP contribution in [0.25, 0.3) is 10.8 Å². The summed E-state index contributed by atoms with van der Waals surface area (Å²) in [5.74, 6) is -1.06. The van der Waals surface area contributed by atoms with E-state index < -0.39 is 21.5 Å². The molecule has 0 unspecified atom stereocenters. The van der Waals surface area contributed by atoms with Gasteiger partial charge in [0.15, 0.2) is 9.84 Å². The molecule has 0 atom stereocenters. The summed E-state index contributed by atoms with van der Waals surface area (Å²) in [6.07, 6.45) is 0. The molecule has 3 aromatic rings. The van der Waals surface area contributed by atoms with Crippen LogP contribution < -0.4 is 5.32 Å². The van der Waals surface area contributed by atoms with Crippen LogP contribution in [0.4, 0.5) is 5.13 Å². The predicted molar refractivity (Wildman–Crippen MR) is 98.6 cm³/mol. The molecule has 2 aromatic carbocycles. The number of carbonyl (C=O) groups excluding carboxylic acids is 1. The highest BCUT2D eigenvalue weighted by atomic mass is 32.2. The zero-order valence-electron chi connectivity index (χ0n) is 13.8. The minimum Gasteiger partial charge on any atom is -0.300 e. The van der Waals surface area contributed by atoms with Crippen LogP contribution in [0.2, 0.25) is 0 Å². The van der Waals surface area contributed by atoms with Crippen LogP contribution in [-0.2, 0) is 14.6 Å². The summed E-state index contributed by atoms with van der Waals surface area (Å²) in [5, 5.41) is 13.2. The number of hydrogen-bond acceptors (Lipinski definition) is 6. The summed E-state index contributed by atoms with van der Waals surface area (Å²) in [5.41, 5.74) is 0. The third kappa shape index (κ3) is 4.02. The molecule has 0 saturated carbocycles. The molecular formula is C17H17N3O3S2. The van der Waals surface area contributed by atoms with Crippen LogP contribution in [0.15, 0.2) is 47.4 Å². The van der Waals surface area contributed by atoms with Crippen molar-refractivity contribution in [2.45, 2.75) is 24.7 Å². The van der Waals surface area contributed by atoms with Gasteiger partial charge in [-0.05, 0) is 22.9 Å². The fourth-order valence-electron chi connectivity index (χ4n) is 2.29. The minimum atomic E-state index is -3.74. The summed E-state index contributed by atoms with van der Waals surface area (Å²) < 4.78 is 25.0. The summed E-state index contributed by atoms with van der Waals surface area (Å²) in [6.45, 7) is 3.94. The molecule has 0 aliphatic rings. The lowest BCUT2D eigenvalue weighted by Gasteiger charge is -2.06. The highest BCUT2D eigenvalue weighted by Gasteiger charge is 2.21. The van der Waals surface area contributed by atoms with E-state index in [1.807, 2.05) is 38.1 Å². The zero-order valence-corrected chi connectivity index (χ0v) is 15.4. The molecule has 3 rings (SSSR count). The number of carbonyl (C=O) groups is 1. The zero-order chi connectivity index (χ0) is 18.0. The Labute approximate surface area is 149 Å². The summed E-state index contributed by atoms with van der Waals surface area (Å²) in [6, 6.07) is 12.3. The van der Waals surface area contributed by atoms with Crippen molar-refractivity contribution in [1.29, 1.82) is 0 Å². The van der Waals surface area contributed by atoms with Gasteiger partial charge in [0, 0.05) is 5.92 Å². The van der Waals surface area contributed by atoms with Crippen LogP contribution in [-0.4, -0.2) is 30.3 Å². The average Bonchev–Trinajstić information content (AvgIpc) is 3.02. The van der Waals surface area contributed by atoms with Crippen molar-refractivity contribution in [2.24, 2.45) is 0 Å². The molecule has 1 aromatic heterocycles. The first-order valence-electron chi connectivity index (χ1n) is 7.70. The van der Waals surface area contributed by atoms with E-state index in [0.717, 1.165) is 15.8 Å². The van der Waals surface area contributed by atoms with E-state index >= 15 is 0 Å². The Bertz CT molecular complexity index is 1030. The second kappa shape index (κ2) is 6.89. The van der Waals surface area contributed by atoms with Gasteiger partial charge >= 0.3 is 0 Å². The number of aromatic nitrogens is 2. The van der Waals surface area contributed by atoms with Crippen LogP contribution in [0.3, 0.4) is 0 Å². The van der Waals surface area contributed by atoms with Gasteiger partial charge in [-0.15, -0.1) is 10.2 Å². The van der Waals surface area contributed by atoms with Gasteiger partial charge in [-0.1, -0.05) is 55.5 Å². The second-order valence-corrected chi connectivity index (χ2v) is 8.92. The largest absolute Gasteiger partial charge is 0.300 e. The molecule has 0 spiro atoms. The summed E-state index contributed by atoms with van der Waals surface area (Å²) in [4.78, 5) is 12.2. The Balaban J connectivity index is 1.76. The SMILES string of the molecule is CC(C)c1nnc(NC(=O)CS(=O)(=O)c2ccc3ccccc3c2)s1. The van der Waals surface area contributed by atoms with Crippen molar-refractivity contribution < 1.29 is 13.2 Å². The normalized spacial score (nSPS) is 11.8. The van der Waals surface area contributed by atoms with Crippen LogP contribution in [0.5, 0.6) is 0 Å². The number of amides is 1. The number of fused-ring (bicyclic) bond motifs is 1. The summed E-state index contributed by atoms with van der Waals surface area (Å²) in [7, 11) is -3.74. The molecule has 0 aliphatic heterocycles. The lowest BCUT2D eigenvalue weighted by Crippen LogP contribution is -2.23. The van der Waals surface area contributed by atoms with Crippen molar-refractivity contribution in [2.75, 3.05) is 11.1 Å². The molecule has 0 saturated heterocycles. The van der Waals surface area contributed by atoms with E-state index in [1.54, 1.807) is 12.1 Å². The quantitative estimate of drug-likeness (QED) is 0.739. The lowest BCUT2D eigenvalue weighted by atomic mass is 10.1. The maximum absolute atomic E-state index is 12.5. The van der Waals surface area contributed by atoms with Gasteiger partial charge in [0.2, 0.25) is 11.0 Å². The van der Waals surface area contributed by atoms with Crippen molar-refractivity contribution in [3.8, 4) is 0 Å². The predicted octanol–water partition coefficient (Wildman–Crippen LogP) is 3.23. The number of nitrogens with one attached hydrogen (secondary N) is 1. The number of anilines is 1. The third-order valence-electron chi connectivity index (χ3n) is 3.58. The Hall–Kier alpha value is -2.32. The Kier molecular flexibility index (Phi) is 4.82. The average molecular weight is 375 g/mol. The molecule has 0 fully saturated rings. The van der Waals surface area contributed by atoms with Crippen molar-refractivity contribution >= 4 is 43.0 Å². The molecule has 8 heteroatoms. The molecule has 0 bridgehead atoms. The molecular weight excluding hydrogens is 358 g/mol. The van der Waals surface area contributed by atoms with Gasteiger partial charge in [0.25, 0.3) is 0 Å². The molecule has 0 aliphatic carbocycles. The number of sulfone groups is 1. The maximum Gasteiger partial charge on any atom is 0.241 e. The van der Waals surface area contributed by atoms with E-state index in [4.69, 9.17) is 0 Å². The fraction of sp³-hybridized carbons (Fsp3) is 0.235. The maximum atomic E-state index is 12.5. The smallest absolute Gasteiger partial charge is 0.241 e. The highest BCUT2D eigenvalue weighted by molar-refractivity contribution is 7.92. The second-order valence-electron chi connectivity index (χ2n) is 5.92. The first kappa shape index (κ1) is 17.5. The van der Waals surface area contributed by atoms with Gasteiger partial charge in [-0.2, -0.15) is 0 Å². The lowest BCUT2D eigenvalue weighted by molar-refractivity contribution is -0.113. The van der Waals surface area contributed by atoms with E-state index in [2.05, 4.69) is 15.5 Å². The number of benzene rings is 2. The molecule has 0 radical (unpaired) electrons. The van der Waals surface area contributed by atoms with Crippen molar-refractivity contribution in [3.05, 3.63) is 47.5 Å². The number of hydrogen-bond donors (Lipinski definition) is 1. The minimum absolute atomic E-state index is 0.126. The van der Waals surface area contributed by atoms with E-state index in [9.17, 15) is 13.2 Å². The van der Waals surface area contributed by atoms with Crippen LogP contribution in [0.1, 0.15) is 24.8 Å². The van der Waals surface area contributed by atoms with Gasteiger partial charge in [-0.25, -0.2) is 8.42 Å². The van der Waals surface area contributed by atoms with Crippen LogP contribution >= 0.6 is 11.3 Å². The van der Waals surface area contributed by atoms with Crippen molar-refractivity contribution in [3.63, 3.8) is 0 Å². The first-order valence-corrected chi connectivity index (χ1v) is 10.2. The van der Waals surface area contributed by atoms with Crippen molar-refractivity contribution in [1.82, 2.24) is 10.2 Å². The van der Waals surface area contributed by atoms with Gasteiger partial charge in [-0.3, -0.25) is 10.1 Å². The van der Waals surface area contributed by atoms with Gasteiger partial charge in [0.05, 0.1) is 4.90 Å². The molecule has 25 heavy (non-hydrogen) atoms. The van der Waals surface area contributed by atoms with Crippen LogP contribution in [0, 0.1) is 0 Å². The topological polar surface area (TPSA) is 89.0 Å². The fourth-order valence-corrected chi connectivity index (χ4v) is 4.22. The monoisotopic (exact) mass is 375 g/mol. The standard InChI is InChI=1S/C17H17N3O3S2/c1-11(2)16-19-20-17(24-16)18-15(21)10-25(22,23)14-8-7-12-5-3-4-6-13(12)9-14/h3-9,11H,10H2,1-2H3,(H,18,20,21). The number of nitrogens with zero attached hydrogens (tertiary/aromatic N) is 2. The Morgan fingerprint density at radius 2 is 1.84 bits per heavy atom. The molecule has 1 N–H and O–H groups in total. The summed E-state index contributed by atoms with van der Waals surface area (Å²) >= 11 is 1.24. The van der Waals surface area contributed by atoms with E-state index in [-0.39, 0.29) is 10.8 Å². The Morgan fingerprint density at radius 1 is 1.12 bits per heavy atom. The number of rotatable bonds is 5. The first-order chi connectivity index (χ1) is 11.8. The Morgan fingerprint density at radius 3 is 2.52 bits per heavy atom. The van der Waals surface area contributed by atoms with E-state index in [0.29, 0.717) is 5.13 Å². The van der Waals surface area contributed by atoms with E-state index in [1.165, 1.54) is 17.4 Å².